The van der Waals surface area contributed by atoms with Crippen LogP contribution in [0.3, 0.4) is 0 Å². The van der Waals surface area contributed by atoms with Crippen LogP contribution in [-0.4, -0.2) is 34.1 Å². The highest BCUT2D eigenvalue weighted by Gasteiger charge is 2.30. The number of primary amides is 1. The molecule has 3 heterocycles. The Hall–Kier alpha value is -3.23. The molecule has 3 aromatic rings. The zero-order valence-electron chi connectivity index (χ0n) is 14.6. The Morgan fingerprint density at radius 2 is 2.15 bits per heavy atom. The monoisotopic (exact) mass is 372 g/mol. The van der Waals surface area contributed by atoms with E-state index in [1.807, 2.05) is 4.90 Å². The van der Waals surface area contributed by atoms with E-state index in [1.165, 1.54) is 10.6 Å². The zero-order valence-corrected chi connectivity index (χ0v) is 14.6. The van der Waals surface area contributed by atoms with Gasteiger partial charge in [0.1, 0.15) is 23.0 Å². The van der Waals surface area contributed by atoms with Gasteiger partial charge in [-0.25, -0.2) is 18.3 Å². The SMILES string of the molecule is CNc1nn2ccc(N3CCC[C@@H]3c3cc(F)ccc3F)nc2c1C(N)=O. The average molecular weight is 372 g/mol. The summed E-state index contributed by atoms with van der Waals surface area (Å²) in [6, 6.07) is 4.87. The van der Waals surface area contributed by atoms with Gasteiger partial charge < -0.3 is 16.0 Å². The van der Waals surface area contributed by atoms with Gasteiger partial charge in [0.2, 0.25) is 0 Å². The number of carbonyl (C=O) groups is 1. The van der Waals surface area contributed by atoms with Gasteiger partial charge in [-0.05, 0) is 37.1 Å². The average Bonchev–Trinajstić information content (AvgIpc) is 3.27. The molecule has 3 N–H and O–H groups in total. The molecule has 1 aliphatic rings. The summed E-state index contributed by atoms with van der Waals surface area (Å²) in [6.45, 7) is 0.642. The molecule has 0 spiro atoms. The molecule has 0 unspecified atom stereocenters. The van der Waals surface area contributed by atoms with Crippen molar-refractivity contribution in [2.45, 2.75) is 18.9 Å². The van der Waals surface area contributed by atoms with Gasteiger partial charge in [0.05, 0.1) is 6.04 Å². The maximum absolute atomic E-state index is 14.3. The number of carbonyl (C=O) groups excluding carboxylic acids is 1. The molecule has 1 saturated heterocycles. The fraction of sp³-hybridized carbons (Fsp3) is 0.278. The highest BCUT2D eigenvalue weighted by molar-refractivity contribution is 6.03. The highest BCUT2D eigenvalue weighted by Crippen LogP contribution is 2.37. The largest absolute Gasteiger partial charge is 0.371 e. The summed E-state index contributed by atoms with van der Waals surface area (Å²) in [5.41, 5.74) is 6.28. The van der Waals surface area contributed by atoms with Gasteiger partial charge in [-0.2, -0.15) is 0 Å². The molecule has 0 bridgehead atoms. The molecule has 1 aliphatic heterocycles. The smallest absolute Gasteiger partial charge is 0.256 e. The van der Waals surface area contributed by atoms with Gasteiger partial charge in [-0.15, -0.1) is 5.10 Å². The topological polar surface area (TPSA) is 88.6 Å². The predicted molar refractivity (Wildman–Crippen MR) is 96.7 cm³/mol. The lowest BCUT2D eigenvalue weighted by molar-refractivity contribution is 0.100. The summed E-state index contributed by atoms with van der Waals surface area (Å²) >= 11 is 0. The van der Waals surface area contributed by atoms with E-state index < -0.39 is 17.5 Å². The van der Waals surface area contributed by atoms with Gasteiger partial charge in [-0.1, -0.05) is 0 Å². The van der Waals surface area contributed by atoms with Crippen molar-refractivity contribution in [3.8, 4) is 0 Å². The minimum atomic E-state index is -0.645. The number of rotatable bonds is 4. The van der Waals surface area contributed by atoms with Crippen LogP contribution in [0.15, 0.2) is 30.5 Å². The normalized spacial score (nSPS) is 16.9. The van der Waals surface area contributed by atoms with Crippen molar-refractivity contribution in [3.05, 3.63) is 53.2 Å². The lowest BCUT2D eigenvalue weighted by atomic mass is 10.0. The first-order valence-corrected chi connectivity index (χ1v) is 8.58. The van der Waals surface area contributed by atoms with Crippen LogP contribution in [0.4, 0.5) is 20.4 Å². The third-order valence-corrected chi connectivity index (χ3v) is 4.82. The molecule has 0 saturated carbocycles. The Kier molecular flexibility index (Phi) is 4.14. The molecule has 1 fully saturated rings. The first-order valence-electron chi connectivity index (χ1n) is 8.58. The van der Waals surface area contributed by atoms with E-state index in [-0.39, 0.29) is 11.6 Å². The number of amides is 1. The predicted octanol–water partition coefficient (Wildman–Crippen LogP) is 2.49. The van der Waals surface area contributed by atoms with E-state index in [1.54, 1.807) is 19.3 Å². The fourth-order valence-electron chi connectivity index (χ4n) is 3.62. The summed E-state index contributed by atoms with van der Waals surface area (Å²) in [4.78, 5) is 18.3. The minimum Gasteiger partial charge on any atom is -0.371 e. The van der Waals surface area contributed by atoms with Crippen molar-refractivity contribution in [2.24, 2.45) is 5.73 Å². The number of hydrogen-bond donors (Lipinski definition) is 2. The zero-order chi connectivity index (χ0) is 19.1. The molecular weight excluding hydrogens is 354 g/mol. The molecule has 1 atom stereocenters. The Bertz CT molecular complexity index is 1030. The Labute approximate surface area is 153 Å². The number of benzene rings is 1. The second-order valence-electron chi connectivity index (χ2n) is 6.41. The van der Waals surface area contributed by atoms with Crippen LogP contribution < -0.4 is 16.0 Å². The van der Waals surface area contributed by atoms with Crippen molar-refractivity contribution in [1.29, 1.82) is 0 Å². The molecule has 1 aromatic carbocycles. The number of nitrogens with zero attached hydrogens (tertiary/aromatic N) is 4. The summed E-state index contributed by atoms with van der Waals surface area (Å²) in [5.74, 6) is -0.686. The number of fused-ring (bicyclic) bond motifs is 1. The van der Waals surface area contributed by atoms with Crippen LogP contribution in [0, 0.1) is 11.6 Å². The van der Waals surface area contributed by atoms with Crippen molar-refractivity contribution in [1.82, 2.24) is 14.6 Å². The molecule has 7 nitrogen and oxygen atoms in total. The van der Waals surface area contributed by atoms with E-state index in [4.69, 9.17) is 5.73 Å². The number of aromatic nitrogens is 3. The molecular formula is C18H18F2N6O. The molecule has 140 valence electrons. The van der Waals surface area contributed by atoms with Crippen molar-refractivity contribution >= 4 is 23.2 Å². The number of nitrogens with two attached hydrogens (primary N) is 1. The first-order chi connectivity index (χ1) is 13.0. The molecule has 1 amide bonds. The second-order valence-corrected chi connectivity index (χ2v) is 6.41. The van der Waals surface area contributed by atoms with Crippen LogP contribution in [0.2, 0.25) is 0 Å². The minimum absolute atomic E-state index is 0.187. The fourth-order valence-corrected chi connectivity index (χ4v) is 3.62. The lowest BCUT2D eigenvalue weighted by Gasteiger charge is -2.26. The summed E-state index contributed by atoms with van der Waals surface area (Å²) in [7, 11) is 1.64. The van der Waals surface area contributed by atoms with E-state index in [0.29, 0.717) is 35.8 Å². The van der Waals surface area contributed by atoms with E-state index in [0.717, 1.165) is 18.6 Å². The van der Waals surface area contributed by atoms with Gasteiger partial charge in [-0.3, -0.25) is 4.79 Å². The Morgan fingerprint density at radius 1 is 1.33 bits per heavy atom. The maximum Gasteiger partial charge on any atom is 0.256 e. The summed E-state index contributed by atoms with van der Waals surface area (Å²) in [6.07, 6.45) is 3.16. The summed E-state index contributed by atoms with van der Waals surface area (Å²) < 4.78 is 29.4. The van der Waals surface area contributed by atoms with Crippen LogP contribution >= 0.6 is 0 Å². The lowest BCUT2D eigenvalue weighted by Crippen LogP contribution is -2.25. The maximum atomic E-state index is 14.3. The molecule has 2 aromatic heterocycles. The molecule has 4 rings (SSSR count). The van der Waals surface area contributed by atoms with Gasteiger partial charge in [0.25, 0.3) is 5.91 Å². The third kappa shape index (κ3) is 2.84. The van der Waals surface area contributed by atoms with Crippen LogP contribution in [0.5, 0.6) is 0 Å². The first kappa shape index (κ1) is 17.2. The third-order valence-electron chi connectivity index (χ3n) is 4.82. The number of halogens is 2. The molecule has 0 aliphatic carbocycles. The van der Waals surface area contributed by atoms with Crippen LogP contribution in [0.1, 0.15) is 34.8 Å². The molecule has 0 radical (unpaired) electrons. The highest BCUT2D eigenvalue weighted by atomic mass is 19.1. The van der Waals surface area contributed by atoms with Gasteiger partial charge in [0.15, 0.2) is 11.5 Å². The second kappa shape index (κ2) is 6.49. The van der Waals surface area contributed by atoms with Crippen molar-refractivity contribution < 1.29 is 13.6 Å². The number of hydrogen-bond acceptors (Lipinski definition) is 5. The Morgan fingerprint density at radius 3 is 2.89 bits per heavy atom. The number of nitrogens with one attached hydrogen (secondary N) is 1. The van der Waals surface area contributed by atoms with Gasteiger partial charge in [0, 0.05) is 25.4 Å². The standard InChI is InChI=1S/C18H18F2N6O/c1-22-17-15(16(21)27)18-23-14(6-8-26(18)24-17)25-7-2-3-13(25)11-9-10(19)4-5-12(11)20/h4-6,8-9,13H,2-3,7H2,1H3,(H2,21,27)(H,22,24)/t13-/m1/s1. The summed E-state index contributed by atoms with van der Waals surface area (Å²) in [5, 5.41) is 7.06. The molecule has 9 heteroatoms. The quantitative estimate of drug-likeness (QED) is 0.735. The van der Waals surface area contributed by atoms with Crippen molar-refractivity contribution in [2.75, 3.05) is 23.8 Å². The molecule has 27 heavy (non-hydrogen) atoms. The van der Waals surface area contributed by atoms with Gasteiger partial charge >= 0.3 is 0 Å². The van der Waals surface area contributed by atoms with E-state index >= 15 is 0 Å². The van der Waals surface area contributed by atoms with Crippen molar-refractivity contribution in [3.63, 3.8) is 0 Å². The van der Waals surface area contributed by atoms with Crippen LogP contribution in [-0.2, 0) is 0 Å². The van der Waals surface area contributed by atoms with E-state index in [9.17, 15) is 13.6 Å². The van der Waals surface area contributed by atoms with E-state index in [2.05, 4.69) is 15.4 Å². The Balaban J connectivity index is 1.80. The van der Waals surface area contributed by atoms with Crippen LogP contribution in [0.25, 0.3) is 5.65 Å². The number of anilines is 2.